The Morgan fingerprint density at radius 1 is 1.10 bits per heavy atom. The zero-order chi connectivity index (χ0) is 21.8. The number of piperidine rings is 1. The minimum Gasteiger partial charge on any atom is -0.381 e. The molecule has 7 nitrogen and oxygen atoms in total. The van der Waals surface area contributed by atoms with Crippen molar-refractivity contribution in [3.05, 3.63) is 29.3 Å². The molecule has 0 bridgehead atoms. The lowest BCUT2D eigenvalue weighted by molar-refractivity contribution is 0.0255. The van der Waals surface area contributed by atoms with Gasteiger partial charge in [-0.2, -0.15) is 4.31 Å². The van der Waals surface area contributed by atoms with Crippen molar-refractivity contribution in [3.63, 3.8) is 0 Å². The van der Waals surface area contributed by atoms with E-state index in [1.54, 1.807) is 10.4 Å². The predicted molar refractivity (Wildman–Crippen MR) is 120 cm³/mol. The summed E-state index contributed by atoms with van der Waals surface area (Å²) in [5.41, 5.74) is 2.46. The smallest absolute Gasteiger partial charge is 0.317 e. The number of amides is 2. The summed E-state index contributed by atoms with van der Waals surface area (Å²) in [7, 11) is -3.50. The number of urea groups is 1. The molecule has 1 aromatic rings. The first kappa shape index (κ1) is 22.6. The fourth-order valence-electron chi connectivity index (χ4n) is 5.13. The monoisotopic (exact) mass is 449 g/mol. The molecule has 0 atom stereocenters. The minimum absolute atomic E-state index is 0.0197. The van der Waals surface area contributed by atoms with Gasteiger partial charge >= 0.3 is 6.03 Å². The topological polar surface area (TPSA) is 79.0 Å². The molecule has 0 saturated carbocycles. The van der Waals surface area contributed by atoms with Gasteiger partial charge in [-0.1, -0.05) is 13.0 Å². The second-order valence-electron chi connectivity index (χ2n) is 8.90. The molecule has 2 amide bonds. The van der Waals surface area contributed by atoms with Crippen LogP contribution in [0, 0.1) is 0 Å². The molecule has 2 aliphatic heterocycles. The van der Waals surface area contributed by atoms with Crippen LogP contribution >= 0.6 is 0 Å². The van der Waals surface area contributed by atoms with Gasteiger partial charge in [-0.15, -0.1) is 0 Å². The Balaban J connectivity index is 1.44. The number of aryl methyl sites for hydroxylation is 2. The number of nitrogens with one attached hydrogen (secondary N) is 1. The van der Waals surface area contributed by atoms with Gasteiger partial charge in [-0.3, -0.25) is 0 Å². The Labute approximate surface area is 186 Å². The van der Waals surface area contributed by atoms with Crippen LogP contribution < -0.4 is 5.32 Å². The molecule has 0 spiro atoms. The molecule has 0 radical (unpaired) electrons. The molecular weight excluding hydrogens is 414 g/mol. The maximum atomic E-state index is 13.3. The van der Waals surface area contributed by atoms with Crippen LogP contribution in [0.1, 0.15) is 56.6 Å². The molecule has 3 aliphatic rings. The lowest BCUT2D eigenvalue weighted by atomic mass is 9.99. The third-order valence-corrected chi connectivity index (χ3v) is 8.76. The van der Waals surface area contributed by atoms with Gasteiger partial charge in [0.2, 0.25) is 10.0 Å². The second kappa shape index (κ2) is 9.88. The van der Waals surface area contributed by atoms with Crippen molar-refractivity contribution in [3.8, 4) is 0 Å². The standard InChI is InChI=1S/C23H35N3O4S/c1-2-12-24-23(27)26(21-10-15-30-16-11-21)20-8-13-25(14-9-20)31(28,29)22-7-6-18-4-3-5-19(18)17-22/h6-7,17,20-21H,2-5,8-16H2,1H3,(H,24,27). The van der Waals surface area contributed by atoms with E-state index in [4.69, 9.17) is 4.74 Å². The molecule has 8 heteroatoms. The third kappa shape index (κ3) is 4.91. The lowest BCUT2D eigenvalue weighted by Crippen LogP contribution is -2.56. The molecule has 4 rings (SSSR count). The number of rotatable bonds is 6. The zero-order valence-electron chi connectivity index (χ0n) is 18.5. The van der Waals surface area contributed by atoms with Gasteiger partial charge in [0, 0.05) is 44.9 Å². The summed E-state index contributed by atoms with van der Waals surface area (Å²) >= 11 is 0. The van der Waals surface area contributed by atoms with Crippen LogP contribution in [-0.4, -0.2) is 68.6 Å². The van der Waals surface area contributed by atoms with E-state index in [1.807, 2.05) is 24.0 Å². The molecule has 1 N–H and O–H groups in total. The van der Waals surface area contributed by atoms with Crippen LogP contribution in [0.3, 0.4) is 0 Å². The van der Waals surface area contributed by atoms with Crippen molar-refractivity contribution in [2.45, 2.75) is 75.3 Å². The highest BCUT2D eigenvalue weighted by Crippen LogP contribution is 2.29. The van der Waals surface area contributed by atoms with Gasteiger partial charge in [0.1, 0.15) is 0 Å². The van der Waals surface area contributed by atoms with Crippen molar-refractivity contribution < 1.29 is 17.9 Å². The summed E-state index contributed by atoms with van der Waals surface area (Å²) < 4.78 is 33.6. The molecule has 2 heterocycles. The molecular formula is C23H35N3O4S. The normalized spacial score (nSPS) is 21.1. The average Bonchev–Trinajstić information content (AvgIpc) is 3.27. The van der Waals surface area contributed by atoms with E-state index in [1.165, 1.54) is 11.1 Å². The number of carbonyl (C=O) groups excluding carboxylic acids is 1. The van der Waals surface area contributed by atoms with Gasteiger partial charge in [0.25, 0.3) is 0 Å². The van der Waals surface area contributed by atoms with Gasteiger partial charge in [0.15, 0.2) is 0 Å². The highest BCUT2D eigenvalue weighted by atomic mass is 32.2. The number of sulfonamides is 1. The quantitative estimate of drug-likeness (QED) is 0.724. The fourth-order valence-corrected chi connectivity index (χ4v) is 6.66. The van der Waals surface area contributed by atoms with Crippen LogP contribution in [0.2, 0.25) is 0 Å². The Hall–Kier alpha value is -1.64. The molecule has 1 aliphatic carbocycles. The van der Waals surface area contributed by atoms with E-state index in [0.29, 0.717) is 50.6 Å². The first-order valence-corrected chi connectivity index (χ1v) is 13.2. The molecule has 0 unspecified atom stereocenters. The molecule has 31 heavy (non-hydrogen) atoms. The third-order valence-electron chi connectivity index (χ3n) is 6.87. The maximum Gasteiger partial charge on any atom is 0.317 e. The second-order valence-corrected chi connectivity index (χ2v) is 10.8. The van der Waals surface area contributed by atoms with E-state index in [-0.39, 0.29) is 18.1 Å². The first-order valence-electron chi connectivity index (χ1n) is 11.8. The van der Waals surface area contributed by atoms with Crippen LogP contribution in [0.25, 0.3) is 0 Å². The minimum atomic E-state index is -3.50. The van der Waals surface area contributed by atoms with E-state index in [0.717, 1.165) is 38.5 Å². The Bertz CT molecular complexity index is 875. The van der Waals surface area contributed by atoms with Crippen LogP contribution in [-0.2, 0) is 27.6 Å². The summed E-state index contributed by atoms with van der Waals surface area (Å²) in [4.78, 5) is 15.4. The highest BCUT2D eigenvalue weighted by molar-refractivity contribution is 7.89. The predicted octanol–water partition coefficient (Wildman–Crippen LogP) is 2.93. The number of hydrogen-bond donors (Lipinski definition) is 1. The summed E-state index contributed by atoms with van der Waals surface area (Å²) in [5.74, 6) is 0. The summed E-state index contributed by atoms with van der Waals surface area (Å²) in [6.07, 6.45) is 7.02. The number of carbonyl (C=O) groups is 1. The molecule has 2 fully saturated rings. The Morgan fingerprint density at radius 3 is 2.48 bits per heavy atom. The summed E-state index contributed by atoms with van der Waals surface area (Å²) in [6, 6.07) is 5.82. The van der Waals surface area contributed by atoms with Crippen molar-refractivity contribution in [1.29, 1.82) is 0 Å². The maximum absolute atomic E-state index is 13.3. The zero-order valence-corrected chi connectivity index (χ0v) is 19.3. The Kier molecular flexibility index (Phi) is 7.19. The number of hydrogen-bond acceptors (Lipinski definition) is 4. The van der Waals surface area contributed by atoms with E-state index < -0.39 is 10.0 Å². The number of ether oxygens (including phenoxy) is 1. The van der Waals surface area contributed by atoms with E-state index in [2.05, 4.69) is 5.32 Å². The van der Waals surface area contributed by atoms with Crippen molar-refractivity contribution in [2.24, 2.45) is 0 Å². The van der Waals surface area contributed by atoms with Gasteiger partial charge < -0.3 is 15.0 Å². The summed E-state index contributed by atoms with van der Waals surface area (Å²) in [5, 5.41) is 3.03. The number of nitrogens with zero attached hydrogens (tertiary/aromatic N) is 2. The molecule has 2 saturated heterocycles. The number of benzene rings is 1. The van der Waals surface area contributed by atoms with Gasteiger partial charge in [0.05, 0.1) is 4.90 Å². The van der Waals surface area contributed by atoms with Crippen molar-refractivity contribution in [2.75, 3.05) is 32.8 Å². The van der Waals surface area contributed by atoms with Gasteiger partial charge in [-0.05, 0) is 74.6 Å². The molecule has 0 aromatic heterocycles. The number of fused-ring (bicyclic) bond motifs is 1. The SMILES string of the molecule is CCCNC(=O)N(C1CCOCC1)C1CCN(S(=O)(=O)c2ccc3c(c2)CCC3)CC1. The highest BCUT2D eigenvalue weighted by Gasteiger charge is 2.37. The van der Waals surface area contributed by atoms with E-state index in [9.17, 15) is 13.2 Å². The molecule has 172 valence electrons. The van der Waals surface area contributed by atoms with Crippen molar-refractivity contribution >= 4 is 16.1 Å². The largest absolute Gasteiger partial charge is 0.381 e. The first-order chi connectivity index (χ1) is 15.0. The van der Waals surface area contributed by atoms with E-state index >= 15 is 0 Å². The Morgan fingerprint density at radius 2 is 1.77 bits per heavy atom. The van der Waals surface area contributed by atoms with Crippen LogP contribution in [0.5, 0.6) is 0 Å². The van der Waals surface area contributed by atoms with Crippen LogP contribution in [0.15, 0.2) is 23.1 Å². The summed E-state index contributed by atoms with van der Waals surface area (Å²) in [6.45, 7) is 4.95. The fraction of sp³-hybridized carbons (Fsp3) is 0.696. The molecule has 1 aromatic carbocycles. The van der Waals surface area contributed by atoms with Crippen LogP contribution in [0.4, 0.5) is 4.79 Å². The lowest BCUT2D eigenvalue weighted by Gasteiger charge is -2.43. The average molecular weight is 450 g/mol. The van der Waals surface area contributed by atoms with Gasteiger partial charge in [-0.25, -0.2) is 13.2 Å². The van der Waals surface area contributed by atoms with Crippen molar-refractivity contribution in [1.82, 2.24) is 14.5 Å².